The first-order chi connectivity index (χ1) is 13.0. The number of hydrogen-bond acceptors (Lipinski definition) is 7. The molecule has 3 aromatic heterocycles. The second kappa shape index (κ2) is 7.07. The fourth-order valence-corrected chi connectivity index (χ4v) is 3.71. The van der Waals surface area contributed by atoms with Crippen molar-refractivity contribution < 1.29 is 4.74 Å². The number of aromatic nitrogens is 6. The molecule has 9 heteroatoms. The monoisotopic (exact) mass is 369 g/mol. The maximum Gasteiger partial charge on any atom is 0.251 e. The lowest BCUT2D eigenvalue weighted by Crippen LogP contribution is -2.36. The summed E-state index contributed by atoms with van der Waals surface area (Å²) in [5.41, 5.74) is 1.53. The van der Waals surface area contributed by atoms with Crippen molar-refractivity contribution in [3.8, 4) is 0 Å². The molecule has 0 unspecified atom stereocenters. The van der Waals surface area contributed by atoms with E-state index >= 15 is 0 Å². The van der Waals surface area contributed by atoms with E-state index in [1.165, 1.54) is 0 Å². The molecular formula is C18H23N7O2. The summed E-state index contributed by atoms with van der Waals surface area (Å²) in [6.45, 7) is 3.81. The van der Waals surface area contributed by atoms with Gasteiger partial charge < -0.3 is 14.6 Å². The Morgan fingerprint density at radius 3 is 2.96 bits per heavy atom. The topological polar surface area (TPSA) is 102 Å². The average Bonchev–Trinajstić information content (AvgIpc) is 3.02. The third kappa shape index (κ3) is 3.42. The highest BCUT2D eigenvalue weighted by Crippen LogP contribution is 2.31. The number of aromatic amines is 1. The molecule has 0 bridgehead atoms. The fraction of sp³-hybridized carbons (Fsp3) is 0.500. The minimum absolute atomic E-state index is 0.103. The summed E-state index contributed by atoms with van der Waals surface area (Å²) in [5.74, 6) is 2.34. The predicted molar refractivity (Wildman–Crippen MR) is 101 cm³/mol. The number of H-pyrrole nitrogens is 1. The van der Waals surface area contributed by atoms with Crippen LogP contribution in [0.15, 0.2) is 17.1 Å². The molecular weight excluding hydrogens is 346 g/mol. The van der Waals surface area contributed by atoms with Gasteiger partial charge >= 0.3 is 0 Å². The molecule has 1 aliphatic heterocycles. The number of methoxy groups -OCH3 is 1. The molecule has 4 rings (SSSR count). The van der Waals surface area contributed by atoms with E-state index in [2.05, 4.69) is 25.0 Å². The van der Waals surface area contributed by atoms with Crippen LogP contribution in [0.1, 0.15) is 36.1 Å². The SMILES string of the molecule is COCc1nc(N2CCC[C@@H](c3cc(=O)[nH]c(C)n3)C2)c2cnn(C)c2n1. The van der Waals surface area contributed by atoms with E-state index in [0.29, 0.717) is 18.3 Å². The van der Waals surface area contributed by atoms with E-state index in [0.717, 1.165) is 48.5 Å². The number of nitrogens with zero attached hydrogens (tertiary/aromatic N) is 6. The number of anilines is 1. The number of piperidine rings is 1. The Morgan fingerprint density at radius 2 is 2.19 bits per heavy atom. The number of hydrogen-bond donors (Lipinski definition) is 1. The maximum absolute atomic E-state index is 11.8. The predicted octanol–water partition coefficient (Wildman–Crippen LogP) is 1.29. The number of rotatable bonds is 4. The van der Waals surface area contributed by atoms with Crippen molar-refractivity contribution in [2.45, 2.75) is 32.3 Å². The van der Waals surface area contributed by atoms with Crippen molar-refractivity contribution in [2.75, 3.05) is 25.1 Å². The highest BCUT2D eigenvalue weighted by Gasteiger charge is 2.26. The van der Waals surface area contributed by atoms with E-state index in [-0.39, 0.29) is 11.5 Å². The van der Waals surface area contributed by atoms with E-state index in [1.54, 1.807) is 24.1 Å². The molecule has 0 aliphatic carbocycles. The van der Waals surface area contributed by atoms with Crippen LogP contribution in [0.5, 0.6) is 0 Å². The Kier molecular flexibility index (Phi) is 4.61. The van der Waals surface area contributed by atoms with Crippen LogP contribution in [0.3, 0.4) is 0 Å². The molecule has 9 nitrogen and oxygen atoms in total. The van der Waals surface area contributed by atoms with Crippen LogP contribution in [-0.4, -0.2) is 49.9 Å². The van der Waals surface area contributed by atoms with Gasteiger partial charge in [0.2, 0.25) is 0 Å². The van der Waals surface area contributed by atoms with Crippen molar-refractivity contribution in [3.63, 3.8) is 0 Å². The molecule has 1 N–H and O–H groups in total. The third-order valence-corrected chi connectivity index (χ3v) is 4.91. The van der Waals surface area contributed by atoms with Crippen molar-refractivity contribution in [3.05, 3.63) is 40.0 Å². The van der Waals surface area contributed by atoms with Crippen LogP contribution >= 0.6 is 0 Å². The zero-order valence-electron chi connectivity index (χ0n) is 15.8. The third-order valence-electron chi connectivity index (χ3n) is 4.91. The van der Waals surface area contributed by atoms with Crippen LogP contribution in [-0.2, 0) is 18.4 Å². The van der Waals surface area contributed by atoms with Crippen LogP contribution in [0.4, 0.5) is 5.82 Å². The molecule has 0 spiro atoms. The summed E-state index contributed by atoms with van der Waals surface area (Å²) < 4.78 is 6.98. The zero-order chi connectivity index (χ0) is 19.0. The molecule has 142 valence electrons. The molecule has 0 amide bonds. The summed E-state index contributed by atoms with van der Waals surface area (Å²) in [6, 6.07) is 1.61. The van der Waals surface area contributed by atoms with Gasteiger partial charge in [-0.05, 0) is 19.8 Å². The first-order valence-corrected chi connectivity index (χ1v) is 9.05. The van der Waals surface area contributed by atoms with Gasteiger partial charge in [-0.3, -0.25) is 9.48 Å². The summed E-state index contributed by atoms with van der Waals surface area (Å²) in [5, 5.41) is 5.27. The molecule has 1 saturated heterocycles. The van der Waals surface area contributed by atoms with Gasteiger partial charge in [0.25, 0.3) is 5.56 Å². The smallest absolute Gasteiger partial charge is 0.251 e. The molecule has 1 atom stereocenters. The van der Waals surface area contributed by atoms with Crippen molar-refractivity contribution in [1.29, 1.82) is 0 Å². The first-order valence-electron chi connectivity index (χ1n) is 9.05. The molecule has 0 saturated carbocycles. The highest BCUT2D eigenvalue weighted by atomic mass is 16.5. The summed E-state index contributed by atoms with van der Waals surface area (Å²) >= 11 is 0. The molecule has 1 fully saturated rings. The molecule has 27 heavy (non-hydrogen) atoms. The van der Waals surface area contributed by atoms with Gasteiger partial charge in [0.1, 0.15) is 18.2 Å². The van der Waals surface area contributed by atoms with Gasteiger partial charge in [-0.15, -0.1) is 0 Å². The number of nitrogens with one attached hydrogen (secondary N) is 1. The average molecular weight is 369 g/mol. The Hall–Kier alpha value is -2.81. The lowest BCUT2D eigenvalue weighted by molar-refractivity contribution is 0.178. The molecule has 0 aromatic carbocycles. The maximum atomic E-state index is 11.8. The van der Waals surface area contributed by atoms with E-state index in [1.807, 2.05) is 14.0 Å². The van der Waals surface area contributed by atoms with Crippen LogP contribution in [0.2, 0.25) is 0 Å². The Labute approximate surface area is 156 Å². The minimum Gasteiger partial charge on any atom is -0.377 e. The molecule has 4 heterocycles. The Balaban J connectivity index is 1.71. The van der Waals surface area contributed by atoms with Gasteiger partial charge in [-0.1, -0.05) is 0 Å². The minimum atomic E-state index is -0.103. The van der Waals surface area contributed by atoms with Gasteiger partial charge in [-0.2, -0.15) is 5.10 Å². The number of fused-ring (bicyclic) bond motifs is 1. The largest absolute Gasteiger partial charge is 0.377 e. The van der Waals surface area contributed by atoms with Gasteiger partial charge in [0.15, 0.2) is 11.5 Å². The van der Waals surface area contributed by atoms with Crippen LogP contribution in [0.25, 0.3) is 11.0 Å². The van der Waals surface area contributed by atoms with Gasteiger partial charge in [-0.25, -0.2) is 15.0 Å². The molecule has 0 radical (unpaired) electrons. The lowest BCUT2D eigenvalue weighted by Gasteiger charge is -2.33. The fourth-order valence-electron chi connectivity index (χ4n) is 3.71. The normalized spacial score (nSPS) is 17.6. The van der Waals surface area contributed by atoms with E-state index in [9.17, 15) is 4.79 Å². The zero-order valence-corrected chi connectivity index (χ0v) is 15.8. The summed E-state index contributed by atoms with van der Waals surface area (Å²) in [6.07, 6.45) is 3.81. The lowest BCUT2D eigenvalue weighted by atomic mass is 9.94. The van der Waals surface area contributed by atoms with Crippen molar-refractivity contribution in [2.24, 2.45) is 7.05 Å². The van der Waals surface area contributed by atoms with Crippen molar-refractivity contribution in [1.82, 2.24) is 29.7 Å². The van der Waals surface area contributed by atoms with E-state index in [4.69, 9.17) is 9.72 Å². The number of ether oxygens (including phenoxy) is 1. The Bertz CT molecular complexity index is 1030. The van der Waals surface area contributed by atoms with Gasteiger partial charge in [0, 0.05) is 39.2 Å². The van der Waals surface area contributed by atoms with Crippen molar-refractivity contribution >= 4 is 16.9 Å². The standard InChI is InChI=1S/C18H23N7O2/c1-11-20-14(7-16(26)21-11)12-5-4-6-25(9-12)18-13-8-19-24(2)17(13)22-15(23-18)10-27-3/h7-8,12H,4-6,9-10H2,1-3H3,(H,20,21,26)/t12-/m1/s1. The summed E-state index contributed by atoms with van der Waals surface area (Å²) in [7, 11) is 3.51. The molecule has 3 aromatic rings. The summed E-state index contributed by atoms with van der Waals surface area (Å²) in [4.78, 5) is 30.7. The highest BCUT2D eigenvalue weighted by molar-refractivity contribution is 5.87. The quantitative estimate of drug-likeness (QED) is 0.739. The second-order valence-corrected chi connectivity index (χ2v) is 6.94. The number of aryl methyl sites for hydroxylation is 2. The van der Waals surface area contributed by atoms with Gasteiger partial charge in [0.05, 0.1) is 17.3 Å². The Morgan fingerprint density at radius 1 is 1.33 bits per heavy atom. The first kappa shape index (κ1) is 17.6. The second-order valence-electron chi connectivity index (χ2n) is 6.94. The molecule has 1 aliphatic rings. The van der Waals surface area contributed by atoms with E-state index < -0.39 is 0 Å². The van der Waals surface area contributed by atoms with Crippen LogP contribution < -0.4 is 10.5 Å². The van der Waals surface area contributed by atoms with Crippen LogP contribution in [0, 0.1) is 6.92 Å².